The fraction of sp³-hybridized carbons (Fsp3) is 0.636. The number of amides is 2. The molecule has 2 fully saturated rings. The Bertz CT molecular complexity index is 710. The van der Waals surface area contributed by atoms with E-state index >= 15 is 0 Å². The number of carbonyl (C=O) groups is 2. The van der Waals surface area contributed by atoms with E-state index in [-0.39, 0.29) is 17.9 Å². The Kier molecular flexibility index (Phi) is 7.36. The molecule has 0 bridgehead atoms. The summed E-state index contributed by atoms with van der Waals surface area (Å²) in [7, 11) is 3.18. The molecule has 2 amide bonds. The molecule has 1 N–H and O–H groups in total. The Labute approximate surface area is 173 Å². The number of methoxy groups -OCH3 is 2. The molecule has 160 valence electrons. The molecule has 7 heteroatoms. The second-order valence-corrected chi connectivity index (χ2v) is 7.82. The SMILES string of the molecule is CCC(=O)N1CCN([C@@H](C(=O)Nc2ccc(OC)c(OC)c2)C2CCCC2)CC1. The van der Waals surface area contributed by atoms with Crippen molar-refractivity contribution in [3.63, 3.8) is 0 Å². The van der Waals surface area contributed by atoms with Crippen LogP contribution in [0, 0.1) is 5.92 Å². The average Bonchev–Trinajstić information content (AvgIpc) is 3.28. The van der Waals surface area contributed by atoms with E-state index in [4.69, 9.17) is 9.47 Å². The summed E-state index contributed by atoms with van der Waals surface area (Å²) in [6.45, 7) is 4.77. The van der Waals surface area contributed by atoms with Gasteiger partial charge in [-0.25, -0.2) is 0 Å². The number of piperazine rings is 1. The van der Waals surface area contributed by atoms with Crippen molar-refractivity contribution in [2.75, 3.05) is 45.7 Å². The molecule has 1 saturated carbocycles. The maximum Gasteiger partial charge on any atom is 0.242 e. The molecule has 1 aliphatic heterocycles. The van der Waals surface area contributed by atoms with E-state index in [1.54, 1.807) is 26.4 Å². The number of ether oxygens (including phenoxy) is 2. The van der Waals surface area contributed by atoms with Crippen molar-refractivity contribution in [1.82, 2.24) is 9.80 Å². The summed E-state index contributed by atoms with van der Waals surface area (Å²) in [6, 6.07) is 5.27. The van der Waals surface area contributed by atoms with Crippen LogP contribution < -0.4 is 14.8 Å². The molecule has 0 spiro atoms. The first kappa shape index (κ1) is 21.4. The van der Waals surface area contributed by atoms with Crippen LogP contribution in [0.1, 0.15) is 39.0 Å². The molecule has 1 heterocycles. The highest BCUT2D eigenvalue weighted by molar-refractivity contribution is 5.95. The molecule has 1 aliphatic carbocycles. The number of anilines is 1. The van der Waals surface area contributed by atoms with Gasteiger partial charge >= 0.3 is 0 Å². The molecule has 1 aromatic carbocycles. The highest BCUT2D eigenvalue weighted by Gasteiger charge is 2.37. The minimum atomic E-state index is -0.163. The van der Waals surface area contributed by atoms with E-state index in [1.165, 1.54) is 12.8 Å². The maximum atomic E-state index is 13.3. The van der Waals surface area contributed by atoms with E-state index in [2.05, 4.69) is 10.2 Å². The maximum absolute atomic E-state index is 13.3. The van der Waals surface area contributed by atoms with Gasteiger partial charge in [-0.2, -0.15) is 0 Å². The first-order valence-electron chi connectivity index (χ1n) is 10.6. The standard InChI is InChI=1S/C22H33N3O4/c1-4-20(26)24-11-13-25(14-12-24)21(16-7-5-6-8-16)22(27)23-17-9-10-18(28-2)19(15-17)29-3/h9-10,15-16,21H,4-8,11-14H2,1-3H3,(H,23,27)/t21-/m1/s1. The van der Waals surface area contributed by atoms with Crippen molar-refractivity contribution in [1.29, 1.82) is 0 Å². The summed E-state index contributed by atoms with van der Waals surface area (Å²) in [6.07, 6.45) is 5.06. The summed E-state index contributed by atoms with van der Waals surface area (Å²) in [4.78, 5) is 29.5. The molecule has 3 rings (SSSR count). The minimum Gasteiger partial charge on any atom is -0.493 e. The highest BCUT2D eigenvalue weighted by atomic mass is 16.5. The van der Waals surface area contributed by atoms with Gasteiger partial charge in [0.1, 0.15) is 0 Å². The molecule has 0 aromatic heterocycles. The molecule has 1 atom stereocenters. The van der Waals surface area contributed by atoms with Crippen molar-refractivity contribution in [3.05, 3.63) is 18.2 Å². The minimum absolute atomic E-state index is 0.0272. The van der Waals surface area contributed by atoms with Gasteiger partial charge in [0, 0.05) is 44.4 Å². The third-order valence-corrected chi connectivity index (χ3v) is 6.13. The monoisotopic (exact) mass is 403 g/mol. The summed E-state index contributed by atoms with van der Waals surface area (Å²) in [5.74, 6) is 1.81. The molecule has 7 nitrogen and oxygen atoms in total. The first-order valence-corrected chi connectivity index (χ1v) is 10.6. The Morgan fingerprint density at radius 3 is 2.31 bits per heavy atom. The lowest BCUT2D eigenvalue weighted by molar-refractivity contribution is -0.134. The van der Waals surface area contributed by atoms with Gasteiger partial charge in [-0.05, 0) is 30.9 Å². The van der Waals surface area contributed by atoms with Gasteiger partial charge < -0.3 is 19.7 Å². The van der Waals surface area contributed by atoms with E-state index in [0.717, 1.165) is 25.9 Å². The normalized spacial score (nSPS) is 19.1. The second kappa shape index (κ2) is 9.96. The summed E-state index contributed by atoms with van der Waals surface area (Å²) in [5, 5.41) is 3.09. The highest BCUT2D eigenvalue weighted by Crippen LogP contribution is 2.33. The Hall–Kier alpha value is -2.28. The average molecular weight is 404 g/mol. The zero-order valence-corrected chi connectivity index (χ0v) is 17.8. The topological polar surface area (TPSA) is 71.1 Å². The van der Waals surface area contributed by atoms with Gasteiger partial charge in [0.15, 0.2) is 11.5 Å². The van der Waals surface area contributed by atoms with Crippen molar-refractivity contribution >= 4 is 17.5 Å². The fourth-order valence-electron chi connectivity index (χ4n) is 4.55. The lowest BCUT2D eigenvalue weighted by Gasteiger charge is -2.40. The van der Waals surface area contributed by atoms with Crippen LogP contribution in [0.5, 0.6) is 11.5 Å². The predicted octanol–water partition coefficient (Wildman–Crippen LogP) is 2.76. The van der Waals surface area contributed by atoms with Crippen molar-refractivity contribution < 1.29 is 19.1 Å². The second-order valence-electron chi connectivity index (χ2n) is 7.82. The molecule has 29 heavy (non-hydrogen) atoms. The summed E-state index contributed by atoms with van der Waals surface area (Å²) < 4.78 is 10.6. The quantitative estimate of drug-likeness (QED) is 0.758. The van der Waals surface area contributed by atoms with Crippen molar-refractivity contribution in [2.45, 2.75) is 45.1 Å². The molecule has 0 unspecified atom stereocenters. The molecule has 1 saturated heterocycles. The smallest absolute Gasteiger partial charge is 0.242 e. The number of hydrogen-bond donors (Lipinski definition) is 1. The largest absolute Gasteiger partial charge is 0.493 e. The molecular weight excluding hydrogens is 370 g/mol. The van der Waals surface area contributed by atoms with Crippen molar-refractivity contribution in [2.24, 2.45) is 5.92 Å². The Morgan fingerprint density at radius 2 is 1.72 bits per heavy atom. The van der Waals surface area contributed by atoms with Crippen LogP contribution in [0.15, 0.2) is 18.2 Å². The van der Waals surface area contributed by atoms with E-state index in [9.17, 15) is 9.59 Å². The number of hydrogen-bond acceptors (Lipinski definition) is 5. The van der Waals surface area contributed by atoms with E-state index in [1.807, 2.05) is 17.9 Å². The van der Waals surface area contributed by atoms with Crippen LogP contribution in [0.25, 0.3) is 0 Å². The van der Waals surface area contributed by atoms with Crippen LogP contribution in [0.2, 0.25) is 0 Å². The number of nitrogens with zero attached hydrogens (tertiary/aromatic N) is 2. The summed E-state index contributed by atoms with van der Waals surface area (Å²) >= 11 is 0. The zero-order chi connectivity index (χ0) is 20.8. The van der Waals surface area contributed by atoms with Gasteiger partial charge in [-0.3, -0.25) is 14.5 Å². The number of benzene rings is 1. The van der Waals surface area contributed by atoms with Crippen LogP contribution in [-0.2, 0) is 9.59 Å². The van der Waals surface area contributed by atoms with Gasteiger partial charge in [-0.15, -0.1) is 0 Å². The molecular formula is C22H33N3O4. The van der Waals surface area contributed by atoms with Crippen LogP contribution in [-0.4, -0.2) is 68.1 Å². The molecule has 0 radical (unpaired) electrons. The summed E-state index contributed by atoms with van der Waals surface area (Å²) in [5.41, 5.74) is 0.704. The fourth-order valence-corrected chi connectivity index (χ4v) is 4.55. The zero-order valence-electron chi connectivity index (χ0n) is 17.8. The lowest BCUT2D eigenvalue weighted by atomic mass is 9.94. The van der Waals surface area contributed by atoms with Gasteiger partial charge in [0.2, 0.25) is 11.8 Å². The number of carbonyl (C=O) groups excluding carboxylic acids is 2. The number of nitrogens with one attached hydrogen (secondary N) is 1. The first-order chi connectivity index (χ1) is 14.1. The van der Waals surface area contributed by atoms with Gasteiger partial charge in [0.25, 0.3) is 0 Å². The predicted molar refractivity (Wildman–Crippen MR) is 112 cm³/mol. The van der Waals surface area contributed by atoms with Crippen LogP contribution >= 0.6 is 0 Å². The molecule has 1 aromatic rings. The number of rotatable bonds is 7. The Morgan fingerprint density at radius 1 is 1.07 bits per heavy atom. The van der Waals surface area contributed by atoms with Crippen molar-refractivity contribution in [3.8, 4) is 11.5 Å². The Balaban J connectivity index is 1.72. The van der Waals surface area contributed by atoms with E-state index in [0.29, 0.717) is 42.6 Å². The third kappa shape index (κ3) is 5.01. The lowest BCUT2D eigenvalue weighted by Crippen LogP contribution is -2.56. The van der Waals surface area contributed by atoms with Gasteiger partial charge in [-0.1, -0.05) is 19.8 Å². The molecule has 2 aliphatic rings. The van der Waals surface area contributed by atoms with Gasteiger partial charge in [0.05, 0.1) is 20.3 Å². The third-order valence-electron chi connectivity index (χ3n) is 6.13. The van der Waals surface area contributed by atoms with Crippen LogP contribution in [0.3, 0.4) is 0 Å². The van der Waals surface area contributed by atoms with E-state index < -0.39 is 0 Å². The van der Waals surface area contributed by atoms with Crippen LogP contribution in [0.4, 0.5) is 5.69 Å².